The first kappa shape index (κ1) is 26.3. The van der Waals surface area contributed by atoms with Crippen LogP contribution in [-0.4, -0.2) is 71.4 Å². The number of carbonyl (C=O) groups is 2. The summed E-state index contributed by atoms with van der Waals surface area (Å²) in [6.45, 7) is 12.0. The first-order valence-electron chi connectivity index (χ1n) is 12.2. The summed E-state index contributed by atoms with van der Waals surface area (Å²) in [4.78, 5) is 37.2. The van der Waals surface area contributed by atoms with Crippen LogP contribution in [0.15, 0.2) is 12.3 Å². The van der Waals surface area contributed by atoms with Gasteiger partial charge in [0.05, 0.1) is 18.3 Å². The quantitative estimate of drug-likeness (QED) is 0.424. The van der Waals surface area contributed by atoms with Crippen LogP contribution in [0.5, 0.6) is 0 Å². The number of carbonyl (C=O) groups excluding carboxylic acids is 2. The zero-order valence-electron chi connectivity index (χ0n) is 21.7. The molecule has 1 fully saturated rings. The third kappa shape index (κ3) is 7.10. The molecule has 1 aliphatic heterocycles. The first-order valence-corrected chi connectivity index (χ1v) is 12.2. The highest BCUT2D eigenvalue weighted by molar-refractivity contribution is 5.94. The van der Waals surface area contributed by atoms with Crippen LogP contribution >= 0.6 is 0 Å². The molecule has 10 nitrogen and oxygen atoms in total. The van der Waals surface area contributed by atoms with Gasteiger partial charge in [0, 0.05) is 44.5 Å². The molecule has 0 unspecified atom stereocenters. The van der Waals surface area contributed by atoms with E-state index < -0.39 is 0 Å². The van der Waals surface area contributed by atoms with Gasteiger partial charge in [-0.15, -0.1) is 5.10 Å². The van der Waals surface area contributed by atoms with Crippen LogP contribution in [0, 0.1) is 19.8 Å². The molecule has 2 aromatic heterocycles. The van der Waals surface area contributed by atoms with E-state index in [1.807, 2.05) is 7.05 Å². The van der Waals surface area contributed by atoms with E-state index in [1.165, 1.54) is 18.7 Å². The number of rotatable bonds is 9. The Kier molecular flexibility index (Phi) is 8.95. The Labute approximate surface area is 207 Å². The Hall–Kier alpha value is -3.30. The Balaban J connectivity index is 1.58. The van der Waals surface area contributed by atoms with Gasteiger partial charge in [0.1, 0.15) is 6.61 Å². The molecule has 10 heteroatoms. The molecule has 35 heavy (non-hydrogen) atoms. The van der Waals surface area contributed by atoms with E-state index in [4.69, 9.17) is 14.7 Å². The van der Waals surface area contributed by atoms with Crippen molar-refractivity contribution in [2.75, 3.05) is 43.1 Å². The zero-order valence-corrected chi connectivity index (χ0v) is 21.7. The second kappa shape index (κ2) is 11.9. The molecule has 0 aliphatic carbocycles. The maximum absolute atomic E-state index is 12.4. The molecule has 190 valence electrons. The highest BCUT2D eigenvalue weighted by Crippen LogP contribution is 2.25. The van der Waals surface area contributed by atoms with Gasteiger partial charge in [-0.2, -0.15) is 5.10 Å². The summed E-state index contributed by atoms with van der Waals surface area (Å²) >= 11 is 0. The number of esters is 1. The molecule has 0 atom stereocenters. The number of piperidine rings is 1. The number of ether oxygens (including phenoxy) is 1. The Morgan fingerprint density at radius 1 is 1.20 bits per heavy atom. The van der Waals surface area contributed by atoms with Gasteiger partial charge < -0.3 is 19.9 Å². The van der Waals surface area contributed by atoms with Crippen molar-refractivity contribution < 1.29 is 14.3 Å². The summed E-state index contributed by atoms with van der Waals surface area (Å²) < 4.78 is 4.84. The third-order valence-corrected chi connectivity index (χ3v) is 6.27. The fourth-order valence-corrected chi connectivity index (χ4v) is 4.32. The number of nitrogens with one attached hydrogen (secondary N) is 1. The smallest absolute Gasteiger partial charge is 0.302 e. The molecule has 0 spiro atoms. The molecule has 2 aromatic rings. The summed E-state index contributed by atoms with van der Waals surface area (Å²) in [6.07, 6.45) is 4.28. The lowest BCUT2D eigenvalue weighted by atomic mass is 10.0. The van der Waals surface area contributed by atoms with Gasteiger partial charge in [-0.05, 0) is 50.7 Å². The second-order valence-corrected chi connectivity index (χ2v) is 9.50. The summed E-state index contributed by atoms with van der Waals surface area (Å²) in [6, 6.07) is 2.01. The van der Waals surface area contributed by atoms with Crippen LogP contribution in [0.25, 0.3) is 0 Å². The SMILES string of the molecule is CC(=O)OCCNC(=O)c1cnnc(N(C)C2CCN(c3nc(C)c(CC(C)C)c(C)n3)CC2)c1. The maximum Gasteiger partial charge on any atom is 0.302 e. The molecule has 0 bridgehead atoms. The van der Waals surface area contributed by atoms with Gasteiger partial charge in [-0.3, -0.25) is 9.59 Å². The average Bonchev–Trinajstić information content (AvgIpc) is 2.83. The van der Waals surface area contributed by atoms with E-state index >= 15 is 0 Å². The van der Waals surface area contributed by atoms with Crippen LogP contribution < -0.4 is 15.1 Å². The van der Waals surface area contributed by atoms with Crippen molar-refractivity contribution in [2.45, 2.75) is 59.9 Å². The van der Waals surface area contributed by atoms with E-state index in [0.717, 1.165) is 49.7 Å². The number of anilines is 2. The molecule has 1 aliphatic rings. The van der Waals surface area contributed by atoms with E-state index in [0.29, 0.717) is 17.3 Å². The van der Waals surface area contributed by atoms with Gasteiger partial charge >= 0.3 is 5.97 Å². The van der Waals surface area contributed by atoms with Gasteiger partial charge in [-0.25, -0.2) is 9.97 Å². The van der Waals surface area contributed by atoms with Gasteiger partial charge in [-0.1, -0.05) is 13.8 Å². The molecule has 0 aromatic carbocycles. The minimum absolute atomic E-state index is 0.133. The van der Waals surface area contributed by atoms with Crippen LogP contribution in [0.4, 0.5) is 11.8 Å². The van der Waals surface area contributed by atoms with Crippen molar-refractivity contribution in [1.82, 2.24) is 25.5 Å². The molecular formula is C25H37N7O3. The molecule has 1 N–H and O–H groups in total. The van der Waals surface area contributed by atoms with Crippen molar-refractivity contribution in [3.63, 3.8) is 0 Å². The lowest BCUT2D eigenvalue weighted by Crippen LogP contribution is -2.44. The molecule has 0 saturated carbocycles. The zero-order chi connectivity index (χ0) is 25.5. The molecule has 3 rings (SSSR count). The minimum atomic E-state index is -0.375. The van der Waals surface area contributed by atoms with Crippen molar-refractivity contribution in [1.29, 1.82) is 0 Å². The van der Waals surface area contributed by atoms with Crippen molar-refractivity contribution >= 4 is 23.6 Å². The molecular weight excluding hydrogens is 446 g/mol. The van der Waals surface area contributed by atoms with Crippen molar-refractivity contribution in [2.24, 2.45) is 5.92 Å². The summed E-state index contributed by atoms with van der Waals surface area (Å²) in [7, 11) is 1.98. The van der Waals surface area contributed by atoms with Crippen LogP contribution in [0.3, 0.4) is 0 Å². The van der Waals surface area contributed by atoms with E-state index in [1.54, 1.807) is 6.07 Å². The normalized spacial score (nSPS) is 14.2. The van der Waals surface area contributed by atoms with Gasteiger partial charge in [0.25, 0.3) is 5.91 Å². The van der Waals surface area contributed by atoms with Crippen molar-refractivity contribution in [3.05, 3.63) is 34.8 Å². The molecule has 1 amide bonds. The molecule has 3 heterocycles. The fourth-order valence-electron chi connectivity index (χ4n) is 4.32. The highest BCUT2D eigenvalue weighted by atomic mass is 16.5. The Morgan fingerprint density at radius 3 is 2.46 bits per heavy atom. The lowest BCUT2D eigenvalue weighted by molar-refractivity contribution is -0.140. The van der Waals surface area contributed by atoms with E-state index in [-0.39, 0.29) is 31.1 Å². The average molecular weight is 484 g/mol. The largest absolute Gasteiger partial charge is 0.464 e. The molecule has 0 radical (unpaired) electrons. The second-order valence-electron chi connectivity index (χ2n) is 9.50. The highest BCUT2D eigenvalue weighted by Gasteiger charge is 2.26. The van der Waals surface area contributed by atoms with Crippen LogP contribution in [0.1, 0.15) is 60.9 Å². The monoisotopic (exact) mass is 483 g/mol. The number of amides is 1. The number of aromatic nitrogens is 4. The van der Waals surface area contributed by atoms with E-state index in [9.17, 15) is 9.59 Å². The van der Waals surface area contributed by atoms with E-state index in [2.05, 4.69) is 53.0 Å². The lowest BCUT2D eigenvalue weighted by Gasteiger charge is -2.37. The summed E-state index contributed by atoms with van der Waals surface area (Å²) in [5.74, 6) is 1.37. The number of hydrogen-bond donors (Lipinski definition) is 1. The predicted octanol–water partition coefficient (Wildman–Crippen LogP) is 2.48. The van der Waals surface area contributed by atoms with Gasteiger partial charge in [0.2, 0.25) is 5.95 Å². The van der Waals surface area contributed by atoms with Crippen LogP contribution in [-0.2, 0) is 16.0 Å². The topological polar surface area (TPSA) is 113 Å². The third-order valence-electron chi connectivity index (χ3n) is 6.27. The fraction of sp³-hybridized carbons (Fsp3) is 0.600. The van der Waals surface area contributed by atoms with Gasteiger partial charge in [0.15, 0.2) is 5.82 Å². The number of hydrogen-bond acceptors (Lipinski definition) is 9. The Bertz CT molecular complexity index is 1010. The molecule has 1 saturated heterocycles. The van der Waals surface area contributed by atoms with Crippen molar-refractivity contribution in [3.8, 4) is 0 Å². The standard InChI is InChI=1S/C25H37N7O3/c1-16(2)13-22-17(3)28-25(29-18(22)4)32-10-7-21(8-11-32)31(6)23-14-20(15-27-30-23)24(34)26-9-12-35-19(5)33/h14-16,21H,7-13H2,1-6H3,(H,26,34). The summed E-state index contributed by atoms with van der Waals surface area (Å²) in [5.41, 5.74) is 3.81. The maximum atomic E-state index is 12.4. The Morgan fingerprint density at radius 2 is 1.86 bits per heavy atom. The predicted molar refractivity (Wildman–Crippen MR) is 135 cm³/mol. The van der Waals surface area contributed by atoms with Crippen LogP contribution in [0.2, 0.25) is 0 Å². The first-order chi connectivity index (χ1) is 16.7. The number of aryl methyl sites for hydroxylation is 2. The number of nitrogens with zero attached hydrogens (tertiary/aromatic N) is 6. The summed E-state index contributed by atoms with van der Waals surface area (Å²) in [5, 5.41) is 11.0. The minimum Gasteiger partial charge on any atom is -0.464 e.